The van der Waals surface area contributed by atoms with Crippen molar-refractivity contribution in [3.8, 4) is 0 Å². The van der Waals surface area contributed by atoms with Crippen LogP contribution < -0.4 is 59.3 Å². The molecule has 0 saturated carbocycles. The van der Waals surface area contributed by atoms with Gasteiger partial charge in [-0.05, 0) is 74.9 Å². The summed E-state index contributed by atoms with van der Waals surface area (Å²) in [6.07, 6.45) is -2.08. The lowest BCUT2D eigenvalue weighted by Crippen LogP contribution is -2.62. The minimum Gasteiger partial charge on any atom is -0.481 e. The quantitative estimate of drug-likeness (QED) is 0.0594. The number of benzene rings is 1. The normalized spacial score (nSPS) is 25.1. The molecular formula is C50H79N11O15. The van der Waals surface area contributed by atoms with Gasteiger partial charge in [0, 0.05) is 6.42 Å². The molecule has 26 nitrogen and oxygen atoms in total. The number of carboxylic acids is 3. The largest absolute Gasteiger partial charge is 0.481 e. The molecule has 0 radical (unpaired) electrons. The minimum atomic E-state index is -2.00. The Morgan fingerprint density at radius 1 is 0.434 bits per heavy atom. The van der Waals surface area contributed by atoms with Gasteiger partial charge in [-0.1, -0.05) is 84.7 Å². The van der Waals surface area contributed by atoms with Gasteiger partial charge in [0.05, 0.1) is 19.3 Å². The summed E-state index contributed by atoms with van der Waals surface area (Å²) >= 11 is 0. The zero-order chi connectivity index (χ0) is 57.2. The van der Waals surface area contributed by atoms with Crippen molar-refractivity contribution in [3.63, 3.8) is 0 Å². The molecule has 0 aromatic heterocycles. The zero-order valence-electron chi connectivity index (χ0n) is 44.1. The Balaban J connectivity index is 2.93. The lowest BCUT2D eigenvalue weighted by atomic mass is 9.95. The summed E-state index contributed by atoms with van der Waals surface area (Å²) in [6, 6.07) is -6.23. The van der Waals surface area contributed by atoms with Gasteiger partial charge in [-0.25, -0.2) is 0 Å². The van der Waals surface area contributed by atoms with Crippen LogP contribution in [-0.2, 0) is 64.0 Å². The predicted molar refractivity (Wildman–Crippen MR) is 274 cm³/mol. The molecule has 1 fully saturated rings. The van der Waals surface area contributed by atoms with Gasteiger partial charge in [0.2, 0.25) is 53.2 Å². The van der Waals surface area contributed by atoms with Gasteiger partial charge >= 0.3 is 17.9 Å². The molecule has 1 saturated heterocycles. The second-order valence-corrected chi connectivity index (χ2v) is 19.4. The summed E-state index contributed by atoms with van der Waals surface area (Å²) in [7, 11) is 0. The number of rotatable bonds is 21. The molecule has 9 amide bonds. The average Bonchev–Trinajstić information content (AvgIpc) is 3.35. The first-order valence-corrected chi connectivity index (χ1v) is 25.7. The Morgan fingerprint density at radius 2 is 0.737 bits per heavy atom. The number of hydrogen-bond acceptors (Lipinski definition) is 14. The fraction of sp³-hybridized carbons (Fsp3) is 0.640. The Labute approximate surface area is 441 Å². The van der Waals surface area contributed by atoms with E-state index in [4.69, 9.17) is 11.5 Å². The van der Waals surface area contributed by atoms with Gasteiger partial charge in [0.15, 0.2) is 0 Å². The van der Waals surface area contributed by atoms with Crippen molar-refractivity contribution < 1.29 is 72.9 Å². The molecule has 16 N–H and O–H groups in total. The van der Waals surface area contributed by atoms with E-state index in [0.29, 0.717) is 18.4 Å². The molecule has 1 aliphatic rings. The van der Waals surface area contributed by atoms with Crippen molar-refractivity contribution in [2.45, 2.75) is 173 Å². The maximum Gasteiger partial charge on any atom is 0.305 e. The summed E-state index contributed by atoms with van der Waals surface area (Å²) in [5, 5.41) is 51.8. The standard InChI is InChI=1S/C50H79N11O15/c1-7-27(5)40-49(75)57-32(22-29-16-10-9-11-17-29)46(72)59-39(26(3)4)48(74)61-41(28(6)8-2)50(76)58-34(24-37(64)65)45(71)56-33(23-36(62)63)44(70)54-30(18-12-14-20-51)42(68)53-31(19-13-15-21-52)43(69)55-35(25-38(66)67)47(73)60-40/h9-11,16-17,26-28,30-35,39-41H,7-8,12-15,18-25,51-52H2,1-6H3,(H,53,68)(H,54,70)(H,55,69)(H,56,71)(H,57,75)(H,58,76)(H,59,72)(H,60,73)(H,61,74)(H,62,63)(H,64,65)(H,66,67)/t27-,28-,30-,31-,32-,33-,34-,35-,39-,40-,41-/m0/s1. The topological polar surface area (TPSA) is 426 Å². The summed E-state index contributed by atoms with van der Waals surface area (Å²) in [5.74, 6) is -16.3. The van der Waals surface area contributed by atoms with Crippen LogP contribution in [0.4, 0.5) is 0 Å². The highest BCUT2D eigenvalue weighted by Gasteiger charge is 2.39. The molecular weight excluding hydrogens is 995 g/mol. The van der Waals surface area contributed by atoms with E-state index in [0.717, 1.165) is 0 Å². The Bertz CT molecular complexity index is 2180. The first-order valence-electron chi connectivity index (χ1n) is 25.7. The van der Waals surface area contributed by atoms with Crippen LogP contribution in [0.15, 0.2) is 30.3 Å². The molecule has 11 atom stereocenters. The molecule has 1 heterocycles. The van der Waals surface area contributed by atoms with Crippen LogP contribution in [-0.4, -0.2) is 154 Å². The third kappa shape index (κ3) is 21.9. The summed E-state index contributed by atoms with van der Waals surface area (Å²) in [4.78, 5) is 164. The smallest absolute Gasteiger partial charge is 0.305 e. The van der Waals surface area contributed by atoms with Crippen molar-refractivity contribution >= 4 is 71.1 Å². The van der Waals surface area contributed by atoms with E-state index >= 15 is 0 Å². The third-order valence-corrected chi connectivity index (χ3v) is 12.9. The van der Waals surface area contributed by atoms with Gasteiger partial charge in [-0.15, -0.1) is 0 Å². The number of carbonyl (C=O) groups excluding carboxylic acids is 9. The Kier molecular flexibility index (Phi) is 28.1. The highest BCUT2D eigenvalue weighted by Crippen LogP contribution is 2.15. The fourth-order valence-electron chi connectivity index (χ4n) is 8.04. The van der Waals surface area contributed by atoms with Crippen LogP contribution in [0.5, 0.6) is 0 Å². The molecule has 0 aliphatic carbocycles. The lowest BCUT2D eigenvalue weighted by molar-refractivity contribution is -0.144. The molecule has 0 unspecified atom stereocenters. The monoisotopic (exact) mass is 1070 g/mol. The van der Waals surface area contributed by atoms with E-state index in [2.05, 4.69) is 47.9 Å². The van der Waals surface area contributed by atoms with E-state index in [9.17, 15) is 72.9 Å². The minimum absolute atomic E-state index is 0.131. The lowest BCUT2D eigenvalue weighted by Gasteiger charge is -2.31. The van der Waals surface area contributed by atoms with E-state index in [1.54, 1.807) is 71.9 Å². The number of carboxylic acid groups (broad SMARTS) is 3. The second kappa shape index (κ2) is 32.9. The van der Waals surface area contributed by atoms with Gasteiger partial charge in [-0.3, -0.25) is 57.5 Å². The highest BCUT2D eigenvalue weighted by atomic mass is 16.4. The van der Waals surface area contributed by atoms with E-state index < -0.39 is 162 Å². The molecule has 76 heavy (non-hydrogen) atoms. The fourth-order valence-corrected chi connectivity index (χ4v) is 8.04. The number of unbranched alkanes of at least 4 members (excludes halogenated alkanes) is 2. The van der Waals surface area contributed by atoms with Gasteiger partial charge in [-0.2, -0.15) is 0 Å². The predicted octanol–water partition coefficient (Wildman–Crippen LogP) is -1.96. The van der Waals surface area contributed by atoms with Crippen LogP contribution in [0.25, 0.3) is 0 Å². The number of carbonyl (C=O) groups is 12. The summed E-state index contributed by atoms with van der Waals surface area (Å²) < 4.78 is 0. The highest BCUT2D eigenvalue weighted by molar-refractivity contribution is 6.01. The third-order valence-electron chi connectivity index (χ3n) is 12.9. The van der Waals surface area contributed by atoms with Gasteiger partial charge in [0.25, 0.3) is 0 Å². The van der Waals surface area contributed by atoms with Crippen molar-refractivity contribution in [3.05, 3.63) is 35.9 Å². The number of nitrogens with one attached hydrogen (secondary N) is 9. The van der Waals surface area contributed by atoms with Crippen LogP contribution in [0.3, 0.4) is 0 Å². The van der Waals surface area contributed by atoms with E-state index in [1.807, 2.05) is 0 Å². The molecule has 2 rings (SSSR count). The second-order valence-electron chi connectivity index (χ2n) is 19.4. The van der Waals surface area contributed by atoms with E-state index in [1.165, 1.54) is 0 Å². The molecule has 26 heteroatoms. The number of amides is 9. The van der Waals surface area contributed by atoms with Crippen molar-refractivity contribution in [2.75, 3.05) is 13.1 Å². The number of hydrogen-bond donors (Lipinski definition) is 14. The molecule has 0 bridgehead atoms. The van der Waals surface area contributed by atoms with Crippen molar-refractivity contribution in [1.29, 1.82) is 0 Å². The first-order chi connectivity index (χ1) is 35.9. The summed E-state index contributed by atoms with van der Waals surface area (Å²) in [6.45, 7) is 10.1. The maximum absolute atomic E-state index is 14.4. The molecule has 1 aliphatic heterocycles. The Morgan fingerprint density at radius 3 is 1.11 bits per heavy atom. The van der Waals surface area contributed by atoms with E-state index in [-0.39, 0.29) is 58.0 Å². The molecule has 1 aromatic rings. The molecule has 0 spiro atoms. The Hall–Kier alpha value is -7.22. The molecule has 424 valence electrons. The number of nitrogens with two attached hydrogens (primary N) is 2. The van der Waals surface area contributed by atoms with Gasteiger partial charge in [0.1, 0.15) is 54.4 Å². The maximum atomic E-state index is 14.4. The summed E-state index contributed by atoms with van der Waals surface area (Å²) in [5.41, 5.74) is 12.0. The first kappa shape index (κ1) is 64.9. The van der Waals surface area contributed by atoms with Gasteiger partial charge < -0.3 is 74.6 Å². The zero-order valence-corrected chi connectivity index (χ0v) is 44.1. The SMILES string of the molecule is CC[C@H](C)[C@@H]1NC(=O)[C@H](CC(=O)O)NC(=O)[C@H](CCCCN)NC(=O)[C@H](CCCCN)NC(=O)[C@H](CC(=O)O)NC(=O)[C@H](CC(=O)O)NC(=O)[C@H]([C@@H](C)CC)NC(=O)[C@H](C(C)C)NC(=O)[C@H](Cc2ccccc2)NC1=O. The number of aliphatic carboxylic acids is 3. The van der Waals surface area contributed by atoms with Crippen LogP contribution >= 0.6 is 0 Å². The van der Waals surface area contributed by atoms with Crippen LogP contribution in [0, 0.1) is 17.8 Å². The average molecular weight is 1070 g/mol. The van der Waals surface area contributed by atoms with Crippen molar-refractivity contribution in [2.24, 2.45) is 29.2 Å². The van der Waals surface area contributed by atoms with Crippen LogP contribution in [0.1, 0.15) is 118 Å². The molecule has 1 aromatic carbocycles. The van der Waals surface area contributed by atoms with Crippen molar-refractivity contribution in [1.82, 2.24) is 47.9 Å². The van der Waals surface area contributed by atoms with Crippen LogP contribution in [0.2, 0.25) is 0 Å².